The lowest BCUT2D eigenvalue weighted by Gasteiger charge is -2.09. The molecule has 0 amide bonds. The summed E-state index contributed by atoms with van der Waals surface area (Å²) in [6.07, 6.45) is 5.27. The zero-order chi connectivity index (χ0) is 13.0. The molecule has 0 N–H and O–H groups in total. The van der Waals surface area contributed by atoms with Crippen molar-refractivity contribution in [3.63, 3.8) is 0 Å². The number of ether oxygens (including phenoxy) is 1. The lowest BCUT2D eigenvalue weighted by molar-refractivity contribution is -0.385. The van der Waals surface area contributed by atoms with Crippen LogP contribution in [0.3, 0.4) is 0 Å². The van der Waals surface area contributed by atoms with Crippen LogP contribution in [0.5, 0.6) is 5.88 Å². The minimum Gasteiger partial charge on any atom is -0.476 e. The summed E-state index contributed by atoms with van der Waals surface area (Å²) < 4.78 is 6.94. The largest absolute Gasteiger partial charge is 0.476 e. The van der Waals surface area contributed by atoms with Gasteiger partial charge in [-0.05, 0) is 12.5 Å². The predicted molar refractivity (Wildman–Crippen MR) is 63.8 cm³/mol. The first-order valence-corrected chi connectivity index (χ1v) is 5.49. The van der Waals surface area contributed by atoms with E-state index in [9.17, 15) is 10.1 Å². The van der Waals surface area contributed by atoms with E-state index in [1.54, 1.807) is 18.5 Å². The molecule has 0 aliphatic heterocycles. The monoisotopic (exact) mass is 248 g/mol. The molecule has 0 aliphatic rings. The third kappa shape index (κ3) is 2.45. The summed E-state index contributed by atoms with van der Waals surface area (Å²) in [7, 11) is 0. The van der Waals surface area contributed by atoms with E-state index in [0.717, 1.165) is 6.42 Å². The molecule has 2 aromatic heterocycles. The number of hydrogen-bond donors (Lipinski definition) is 0. The summed E-state index contributed by atoms with van der Waals surface area (Å²) in [5, 5.41) is 14.8. The quantitative estimate of drug-likeness (QED) is 0.596. The summed E-state index contributed by atoms with van der Waals surface area (Å²) >= 11 is 0. The van der Waals surface area contributed by atoms with Gasteiger partial charge in [0.1, 0.15) is 11.9 Å². The lowest BCUT2D eigenvalue weighted by Crippen LogP contribution is -2.05. The van der Waals surface area contributed by atoms with Gasteiger partial charge in [-0.1, -0.05) is 6.92 Å². The Morgan fingerprint density at radius 2 is 2.39 bits per heavy atom. The van der Waals surface area contributed by atoms with Crippen molar-refractivity contribution in [1.82, 2.24) is 14.8 Å². The number of rotatable bonds is 5. The highest BCUT2D eigenvalue weighted by Crippen LogP contribution is 2.24. The highest BCUT2D eigenvalue weighted by molar-refractivity contribution is 5.48. The Bertz CT molecular complexity index is 539. The second kappa shape index (κ2) is 5.26. The molecule has 0 aliphatic carbocycles. The third-order valence-corrected chi connectivity index (χ3v) is 2.22. The second-order valence-corrected chi connectivity index (χ2v) is 3.57. The Balaban J connectivity index is 2.43. The first-order chi connectivity index (χ1) is 8.72. The van der Waals surface area contributed by atoms with Crippen LogP contribution in [0.2, 0.25) is 0 Å². The third-order valence-electron chi connectivity index (χ3n) is 2.22. The Morgan fingerprint density at radius 3 is 3.00 bits per heavy atom. The van der Waals surface area contributed by atoms with Gasteiger partial charge in [0.15, 0.2) is 0 Å². The van der Waals surface area contributed by atoms with Crippen LogP contribution in [-0.2, 0) is 0 Å². The summed E-state index contributed by atoms with van der Waals surface area (Å²) in [6, 6.07) is 3.12. The van der Waals surface area contributed by atoms with E-state index in [2.05, 4.69) is 10.1 Å². The average Bonchev–Trinajstić information content (AvgIpc) is 2.89. The van der Waals surface area contributed by atoms with Crippen molar-refractivity contribution in [2.75, 3.05) is 6.61 Å². The first kappa shape index (κ1) is 12.0. The van der Waals surface area contributed by atoms with E-state index < -0.39 is 4.92 Å². The van der Waals surface area contributed by atoms with Gasteiger partial charge in [0, 0.05) is 18.5 Å². The lowest BCUT2D eigenvalue weighted by atomic mass is 10.3. The van der Waals surface area contributed by atoms with E-state index in [1.807, 2.05) is 6.92 Å². The molecule has 0 radical (unpaired) electrons. The van der Waals surface area contributed by atoms with E-state index in [1.165, 1.54) is 16.9 Å². The van der Waals surface area contributed by atoms with E-state index >= 15 is 0 Å². The van der Waals surface area contributed by atoms with Crippen LogP contribution in [0, 0.1) is 10.1 Å². The van der Waals surface area contributed by atoms with E-state index in [4.69, 9.17) is 4.74 Å². The SMILES string of the molecule is CCCOc1ncc([N+](=O)[O-])cc1-n1cccn1. The summed E-state index contributed by atoms with van der Waals surface area (Å²) in [4.78, 5) is 14.2. The normalized spacial score (nSPS) is 10.3. The maximum atomic E-state index is 10.7. The molecule has 7 heteroatoms. The Hall–Kier alpha value is -2.44. The van der Waals surface area contributed by atoms with Gasteiger partial charge in [-0.3, -0.25) is 10.1 Å². The highest BCUT2D eigenvalue weighted by atomic mass is 16.6. The molecule has 7 nitrogen and oxygen atoms in total. The zero-order valence-corrected chi connectivity index (χ0v) is 9.81. The van der Waals surface area contributed by atoms with Crippen molar-refractivity contribution < 1.29 is 9.66 Å². The fourth-order valence-corrected chi connectivity index (χ4v) is 1.42. The topological polar surface area (TPSA) is 83.1 Å². The molecule has 2 heterocycles. The van der Waals surface area contributed by atoms with Gasteiger partial charge in [-0.15, -0.1) is 0 Å². The molecule has 94 valence electrons. The van der Waals surface area contributed by atoms with Crippen LogP contribution >= 0.6 is 0 Å². The molecule has 18 heavy (non-hydrogen) atoms. The van der Waals surface area contributed by atoms with Crippen molar-refractivity contribution >= 4 is 5.69 Å². The molecule has 0 unspecified atom stereocenters. The molecule has 0 saturated heterocycles. The molecule has 0 atom stereocenters. The van der Waals surface area contributed by atoms with Crippen LogP contribution in [0.15, 0.2) is 30.7 Å². The standard InChI is InChI=1S/C11H12N4O3/c1-2-6-18-11-10(14-5-3-4-13-14)7-9(8-12-11)15(16)17/h3-5,7-8H,2,6H2,1H3. The van der Waals surface area contributed by atoms with E-state index in [-0.39, 0.29) is 5.69 Å². The minimum atomic E-state index is -0.496. The number of hydrogen-bond acceptors (Lipinski definition) is 5. The molecule has 0 fully saturated rings. The van der Waals surface area contributed by atoms with Gasteiger partial charge in [-0.25, -0.2) is 9.67 Å². The smallest absolute Gasteiger partial charge is 0.290 e. The molecule has 0 saturated carbocycles. The van der Waals surface area contributed by atoms with Crippen molar-refractivity contribution in [2.24, 2.45) is 0 Å². The molecular formula is C11H12N4O3. The van der Waals surface area contributed by atoms with Crippen molar-refractivity contribution in [2.45, 2.75) is 13.3 Å². The Kier molecular flexibility index (Phi) is 3.52. The fourth-order valence-electron chi connectivity index (χ4n) is 1.42. The minimum absolute atomic E-state index is 0.0932. The van der Waals surface area contributed by atoms with Crippen molar-refractivity contribution in [3.05, 3.63) is 40.8 Å². The van der Waals surface area contributed by atoms with Gasteiger partial charge in [0.05, 0.1) is 11.5 Å². The van der Waals surface area contributed by atoms with E-state index in [0.29, 0.717) is 18.2 Å². The van der Waals surface area contributed by atoms with Gasteiger partial charge in [0.25, 0.3) is 5.69 Å². The van der Waals surface area contributed by atoms with Crippen LogP contribution in [0.4, 0.5) is 5.69 Å². The highest BCUT2D eigenvalue weighted by Gasteiger charge is 2.15. The first-order valence-electron chi connectivity index (χ1n) is 5.49. The van der Waals surface area contributed by atoms with Gasteiger partial charge in [0.2, 0.25) is 5.88 Å². The molecule has 2 aromatic rings. The Morgan fingerprint density at radius 1 is 1.56 bits per heavy atom. The number of nitrogens with zero attached hydrogens (tertiary/aromatic N) is 4. The average molecular weight is 248 g/mol. The van der Waals surface area contributed by atoms with Gasteiger partial charge >= 0.3 is 0 Å². The molecular weight excluding hydrogens is 236 g/mol. The summed E-state index contributed by atoms with van der Waals surface area (Å²) in [6.45, 7) is 2.47. The molecule has 2 rings (SSSR count). The summed E-state index contributed by atoms with van der Waals surface area (Å²) in [5.41, 5.74) is 0.368. The predicted octanol–water partition coefficient (Wildman–Crippen LogP) is 1.96. The molecule has 0 spiro atoms. The number of nitro groups is 1. The summed E-state index contributed by atoms with van der Waals surface area (Å²) in [5.74, 6) is 0.339. The molecule has 0 aromatic carbocycles. The second-order valence-electron chi connectivity index (χ2n) is 3.57. The Labute approximate surface area is 103 Å². The van der Waals surface area contributed by atoms with Gasteiger partial charge < -0.3 is 4.74 Å². The maximum Gasteiger partial charge on any atom is 0.290 e. The fraction of sp³-hybridized carbons (Fsp3) is 0.273. The number of pyridine rings is 1. The van der Waals surface area contributed by atoms with Crippen LogP contribution in [0.1, 0.15) is 13.3 Å². The van der Waals surface area contributed by atoms with Crippen LogP contribution in [-0.4, -0.2) is 26.3 Å². The van der Waals surface area contributed by atoms with Crippen molar-refractivity contribution in [3.8, 4) is 11.6 Å². The molecule has 0 bridgehead atoms. The van der Waals surface area contributed by atoms with Crippen molar-refractivity contribution in [1.29, 1.82) is 0 Å². The zero-order valence-electron chi connectivity index (χ0n) is 9.81. The number of aromatic nitrogens is 3. The maximum absolute atomic E-state index is 10.7. The van der Waals surface area contributed by atoms with Crippen LogP contribution < -0.4 is 4.74 Å². The van der Waals surface area contributed by atoms with Crippen LogP contribution in [0.25, 0.3) is 5.69 Å². The van der Waals surface area contributed by atoms with Gasteiger partial charge in [-0.2, -0.15) is 5.10 Å².